The highest BCUT2D eigenvalue weighted by molar-refractivity contribution is 5.97. The number of fused-ring (bicyclic) bond motifs is 1. The monoisotopic (exact) mass is 529 g/mol. The van der Waals surface area contributed by atoms with E-state index in [1.165, 1.54) is 0 Å². The molecule has 3 heterocycles. The minimum Gasteiger partial charge on any atom is -0.493 e. The van der Waals surface area contributed by atoms with Crippen molar-refractivity contribution in [3.05, 3.63) is 66.9 Å². The second kappa shape index (κ2) is 12.3. The van der Waals surface area contributed by atoms with Crippen LogP contribution in [0.3, 0.4) is 0 Å². The minimum atomic E-state index is -0.388. The number of piperazine rings is 1. The Morgan fingerprint density at radius 2 is 1.87 bits per heavy atom. The van der Waals surface area contributed by atoms with Crippen molar-refractivity contribution in [1.82, 2.24) is 19.8 Å². The van der Waals surface area contributed by atoms with Gasteiger partial charge in [0.1, 0.15) is 12.1 Å². The van der Waals surface area contributed by atoms with E-state index in [9.17, 15) is 4.79 Å². The average Bonchev–Trinajstić information content (AvgIpc) is 3.50. The van der Waals surface area contributed by atoms with E-state index < -0.39 is 0 Å². The maximum Gasteiger partial charge on any atom is 0.234 e. The third kappa shape index (κ3) is 6.38. The Hall–Kier alpha value is -3.95. The first kappa shape index (κ1) is 26.6. The molecule has 1 aliphatic rings. The van der Waals surface area contributed by atoms with Gasteiger partial charge in [-0.25, -0.2) is 9.97 Å². The largest absolute Gasteiger partial charge is 0.493 e. The quantitative estimate of drug-likeness (QED) is 0.297. The summed E-state index contributed by atoms with van der Waals surface area (Å²) in [5.41, 5.74) is 3.16. The Morgan fingerprint density at radius 3 is 2.59 bits per heavy atom. The third-order valence-corrected chi connectivity index (χ3v) is 7.18. The molecule has 0 spiro atoms. The molecule has 0 radical (unpaired) electrons. The van der Waals surface area contributed by atoms with E-state index in [0.29, 0.717) is 29.6 Å². The number of hydrogen-bond acceptors (Lipinski definition) is 8. The number of methoxy groups -OCH3 is 1. The van der Waals surface area contributed by atoms with Gasteiger partial charge in [-0.1, -0.05) is 12.1 Å². The van der Waals surface area contributed by atoms with Gasteiger partial charge in [0.25, 0.3) is 0 Å². The van der Waals surface area contributed by atoms with Crippen molar-refractivity contribution in [3.8, 4) is 22.8 Å². The fraction of sp³-hybridized carbons (Fsp3) is 0.367. The summed E-state index contributed by atoms with van der Waals surface area (Å²) in [7, 11) is 3.81. The van der Waals surface area contributed by atoms with Crippen LogP contribution in [-0.2, 0) is 4.79 Å². The first-order chi connectivity index (χ1) is 19.0. The van der Waals surface area contributed by atoms with Crippen molar-refractivity contribution in [2.75, 3.05) is 58.8 Å². The number of carbonyl (C=O) groups excluding carboxylic acids is 1. The standard InChI is InChI=1S/C30H35N5O4/c1-21(26-6-4-16-38-26)30(36)33-23-9-7-22(8-10-23)29-24-18-27(37-3)28(19-25(24)31-20-32-29)39-17-5-11-35-14-12-34(2)13-15-35/h4,6-10,16,18-21H,5,11-15,17H2,1-3H3,(H,33,36). The molecule has 1 aliphatic heterocycles. The minimum absolute atomic E-state index is 0.133. The molecule has 1 N–H and O–H groups in total. The van der Waals surface area contributed by atoms with Crippen LogP contribution in [0, 0.1) is 0 Å². The maximum absolute atomic E-state index is 12.6. The molecule has 2 aromatic heterocycles. The molecule has 5 rings (SSSR count). The molecule has 204 valence electrons. The topological polar surface area (TPSA) is 93.0 Å². The number of rotatable bonds is 10. The van der Waals surface area contributed by atoms with Gasteiger partial charge in [-0.2, -0.15) is 0 Å². The molecule has 1 amide bonds. The number of hydrogen-bond donors (Lipinski definition) is 1. The van der Waals surface area contributed by atoms with Gasteiger partial charge in [0, 0.05) is 55.4 Å². The van der Waals surface area contributed by atoms with E-state index in [4.69, 9.17) is 13.9 Å². The van der Waals surface area contributed by atoms with Crippen molar-refractivity contribution < 1.29 is 18.7 Å². The van der Waals surface area contributed by atoms with Crippen molar-refractivity contribution in [2.45, 2.75) is 19.3 Å². The smallest absolute Gasteiger partial charge is 0.234 e. The van der Waals surface area contributed by atoms with E-state index >= 15 is 0 Å². The summed E-state index contributed by atoms with van der Waals surface area (Å²) in [5.74, 6) is 1.43. The lowest BCUT2D eigenvalue weighted by atomic mass is 10.0. The van der Waals surface area contributed by atoms with Crippen molar-refractivity contribution in [3.63, 3.8) is 0 Å². The predicted molar refractivity (Wildman–Crippen MR) is 151 cm³/mol. The SMILES string of the molecule is COc1cc2c(-c3ccc(NC(=O)C(C)c4ccco4)cc3)ncnc2cc1OCCCN1CCN(C)CC1. The molecule has 1 fully saturated rings. The lowest BCUT2D eigenvalue weighted by Gasteiger charge is -2.32. The van der Waals surface area contributed by atoms with Gasteiger partial charge in [0.2, 0.25) is 5.91 Å². The van der Waals surface area contributed by atoms with Gasteiger partial charge >= 0.3 is 0 Å². The Morgan fingerprint density at radius 1 is 1.08 bits per heavy atom. The average molecular weight is 530 g/mol. The number of likely N-dealkylation sites (N-methyl/N-ethyl adjacent to an activating group) is 1. The zero-order valence-electron chi connectivity index (χ0n) is 22.7. The van der Waals surface area contributed by atoms with E-state index in [-0.39, 0.29) is 11.8 Å². The first-order valence-corrected chi connectivity index (χ1v) is 13.3. The van der Waals surface area contributed by atoms with Crippen LogP contribution in [-0.4, -0.2) is 79.2 Å². The summed E-state index contributed by atoms with van der Waals surface area (Å²) in [6.45, 7) is 7.88. The van der Waals surface area contributed by atoms with Gasteiger partial charge in [0.05, 0.1) is 37.1 Å². The summed E-state index contributed by atoms with van der Waals surface area (Å²) < 4.78 is 17.1. The van der Waals surface area contributed by atoms with Gasteiger partial charge in [-0.3, -0.25) is 4.79 Å². The summed E-state index contributed by atoms with van der Waals surface area (Å²) in [5, 5.41) is 3.81. The number of amides is 1. The number of ether oxygens (including phenoxy) is 2. The molecule has 2 aromatic carbocycles. The number of furan rings is 1. The maximum atomic E-state index is 12.6. The van der Waals surface area contributed by atoms with Gasteiger partial charge in [-0.05, 0) is 50.7 Å². The number of nitrogens with one attached hydrogen (secondary N) is 1. The number of benzene rings is 2. The van der Waals surface area contributed by atoms with Crippen molar-refractivity contribution in [1.29, 1.82) is 0 Å². The molecule has 0 saturated carbocycles. The summed E-state index contributed by atoms with van der Waals surface area (Å²) in [6, 6.07) is 15.0. The van der Waals surface area contributed by atoms with E-state index in [2.05, 4.69) is 32.1 Å². The first-order valence-electron chi connectivity index (χ1n) is 13.3. The third-order valence-electron chi connectivity index (χ3n) is 7.18. The molecule has 0 aliphatic carbocycles. The molecular weight excluding hydrogens is 494 g/mol. The van der Waals surface area contributed by atoms with E-state index in [0.717, 1.165) is 61.3 Å². The normalized spacial score (nSPS) is 15.3. The van der Waals surface area contributed by atoms with Gasteiger partial charge < -0.3 is 29.0 Å². The molecule has 1 atom stereocenters. The highest BCUT2D eigenvalue weighted by Gasteiger charge is 2.18. The Kier molecular flexibility index (Phi) is 8.39. The van der Waals surface area contributed by atoms with Crippen LogP contribution in [0.4, 0.5) is 5.69 Å². The lowest BCUT2D eigenvalue weighted by molar-refractivity contribution is -0.117. The van der Waals surface area contributed by atoms with E-state index in [1.807, 2.05) is 43.3 Å². The summed E-state index contributed by atoms with van der Waals surface area (Å²) >= 11 is 0. The van der Waals surface area contributed by atoms with Crippen LogP contribution in [0.1, 0.15) is 25.0 Å². The molecule has 0 bridgehead atoms. The number of nitrogens with zero attached hydrogens (tertiary/aromatic N) is 4. The van der Waals surface area contributed by atoms with Gasteiger partial charge in [0.15, 0.2) is 11.5 Å². The highest BCUT2D eigenvalue weighted by atomic mass is 16.5. The molecular formula is C30H35N5O4. The molecule has 1 unspecified atom stereocenters. The molecule has 4 aromatic rings. The fourth-order valence-electron chi connectivity index (χ4n) is 4.74. The van der Waals surface area contributed by atoms with E-state index in [1.54, 1.807) is 31.8 Å². The molecule has 9 heteroatoms. The number of aromatic nitrogens is 2. The predicted octanol–water partition coefficient (Wildman–Crippen LogP) is 4.66. The second-order valence-corrected chi connectivity index (χ2v) is 9.89. The molecule has 1 saturated heterocycles. The van der Waals surface area contributed by atoms with Crippen LogP contribution < -0.4 is 14.8 Å². The molecule has 9 nitrogen and oxygen atoms in total. The van der Waals surface area contributed by atoms with Crippen LogP contribution in [0.5, 0.6) is 11.5 Å². The zero-order valence-corrected chi connectivity index (χ0v) is 22.7. The Balaban J connectivity index is 1.26. The highest BCUT2D eigenvalue weighted by Crippen LogP contribution is 2.35. The molecule has 39 heavy (non-hydrogen) atoms. The van der Waals surface area contributed by atoms with Gasteiger partial charge in [-0.15, -0.1) is 0 Å². The van der Waals surface area contributed by atoms with Crippen LogP contribution in [0.15, 0.2) is 65.5 Å². The lowest BCUT2D eigenvalue weighted by Crippen LogP contribution is -2.44. The Labute approximate surface area is 228 Å². The number of anilines is 1. The second-order valence-electron chi connectivity index (χ2n) is 9.89. The Bertz CT molecular complexity index is 1380. The zero-order chi connectivity index (χ0) is 27.2. The fourth-order valence-corrected chi connectivity index (χ4v) is 4.74. The van der Waals surface area contributed by atoms with Crippen molar-refractivity contribution in [2.24, 2.45) is 0 Å². The summed E-state index contributed by atoms with van der Waals surface area (Å²) in [4.78, 5) is 26.5. The summed E-state index contributed by atoms with van der Waals surface area (Å²) in [6.07, 6.45) is 4.07. The van der Waals surface area contributed by atoms with Crippen LogP contribution >= 0.6 is 0 Å². The van der Waals surface area contributed by atoms with Crippen molar-refractivity contribution >= 4 is 22.5 Å². The van der Waals surface area contributed by atoms with Crippen LogP contribution in [0.2, 0.25) is 0 Å². The number of carbonyl (C=O) groups is 1. The van der Waals surface area contributed by atoms with Crippen LogP contribution in [0.25, 0.3) is 22.2 Å².